The Morgan fingerprint density at radius 3 is 2.95 bits per heavy atom. The second kappa shape index (κ2) is 5.22. The second-order valence-corrected chi connectivity index (χ2v) is 6.04. The summed E-state index contributed by atoms with van der Waals surface area (Å²) in [7, 11) is 0. The van der Waals surface area contributed by atoms with Gasteiger partial charge in [-0.05, 0) is 30.4 Å². The molecular formula is C13H14N4S2. The summed E-state index contributed by atoms with van der Waals surface area (Å²) < 4.78 is 0. The number of hydrogen-bond acceptors (Lipinski definition) is 5. The first-order chi connectivity index (χ1) is 9.25. The molecule has 0 unspecified atom stereocenters. The molecule has 4 nitrogen and oxygen atoms in total. The Morgan fingerprint density at radius 1 is 1.47 bits per heavy atom. The molecule has 1 aliphatic rings. The van der Waals surface area contributed by atoms with Gasteiger partial charge in [0.15, 0.2) is 5.82 Å². The third-order valence-electron chi connectivity index (χ3n) is 3.13. The molecule has 3 rings (SSSR count). The van der Waals surface area contributed by atoms with Crippen molar-refractivity contribution in [1.29, 1.82) is 0 Å². The number of aromatic nitrogens is 2. The topological polar surface area (TPSA) is 55.0 Å². The molecule has 0 radical (unpaired) electrons. The SMILES string of the molecule is NC(=S)c1ccnnc1N(Cc1cccs1)C1CC1. The van der Waals surface area contributed by atoms with Gasteiger partial charge in [-0.3, -0.25) is 0 Å². The molecule has 2 aromatic rings. The summed E-state index contributed by atoms with van der Waals surface area (Å²) >= 11 is 6.86. The average Bonchev–Trinajstić information content (AvgIpc) is 3.13. The number of thiocarbonyl (C=S) groups is 1. The first kappa shape index (κ1) is 12.5. The number of thiophene rings is 1. The fraction of sp³-hybridized carbons (Fsp3) is 0.308. The normalized spacial score (nSPS) is 14.3. The van der Waals surface area contributed by atoms with Crippen molar-refractivity contribution in [3.8, 4) is 0 Å². The van der Waals surface area contributed by atoms with Crippen LogP contribution in [0.3, 0.4) is 0 Å². The number of rotatable bonds is 5. The first-order valence-electron chi connectivity index (χ1n) is 6.16. The van der Waals surface area contributed by atoms with Crippen LogP contribution in [0.1, 0.15) is 23.3 Å². The number of hydrogen-bond donors (Lipinski definition) is 1. The van der Waals surface area contributed by atoms with Gasteiger partial charge in [-0.1, -0.05) is 18.3 Å². The van der Waals surface area contributed by atoms with Crippen molar-refractivity contribution >= 4 is 34.4 Å². The van der Waals surface area contributed by atoms with Crippen molar-refractivity contribution in [2.45, 2.75) is 25.4 Å². The Bertz CT molecular complexity index is 578. The molecule has 0 aliphatic heterocycles. The number of anilines is 1. The molecule has 98 valence electrons. The molecule has 2 aromatic heterocycles. The maximum absolute atomic E-state index is 5.79. The van der Waals surface area contributed by atoms with E-state index >= 15 is 0 Å². The lowest BCUT2D eigenvalue weighted by molar-refractivity contribution is 0.770. The van der Waals surface area contributed by atoms with Gasteiger partial charge in [-0.2, -0.15) is 5.10 Å². The van der Waals surface area contributed by atoms with E-state index in [0.717, 1.165) is 17.9 Å². The second-order valence-electron chi connectivity index (χ2n) is 4.57. The van der Waals surface area contributed by atoms with Crippen LogP contribution in [0.2, 0.25) is 0 Å². The van der Waals surface area contributed by atoms with E-state index < -0.39 is 0 Å². The summed E-state index contributed by atoms with van der Waals surface area (Å²) in [5.74, 6) is 0.811. The van der Waals surface area contributed by atoms with Crippen molar-refractivity contribution in [1.82, 2.24) is 10.2 Å². The zero-order valence-electron chi connectivity index (χ0n) is 10.3. The third-order valence-corrected chi connectivity index (χ3v) is 4.21. The minimum Gasteiger partial charge on any atom is -0.389 e. The van der Waals surface area contributed by atoms with Crippen molar-refractivity contribution in [3.05, 3.63) is 40.2 Å². The van der Waals surface area contributed by atoms with Crippen LogP contribution in [0.15, 0.2) is 29.8 Å². The lowest BCUT2D eigenvalue weighted by Crippen LogP contribution is -2.29. The molecule has 19 heavy (non-hydrogen) atoms. The van der Waals surface area contributed by atoms with E-state index in [1.807, 2.05) is 6.07 Å². The Morgan fingerprint density at radius 2 is 2.32 bits per heavy atom. The maximum Gasteiger partial charge on any atom is 0.162 e. The molecule has 0 spiro atoms. The van der Waals surface area contributed by atoms with Gasteiger partial charge in [0.1, 0.15) is 4.99 Å². The predicted molar refractivity (Wildman–Crippen MR) is 81.4 cm³/mol. The highest BCUT2D eigenvalue weighted by molar-refractivity contribution is 7.80. The zero-order valence-corrected chi connectivity index (χ0v) is 12.0. The van der Waals surface area contributed by atoms with Crippen molar-refractivity contribution in [2.75, 3.05) is 4.90 Å². The van der Waals surface area contributed by atoms with Gasteiger partial charge in [0.05, 0.1) is 18.3 Å². The highest BCUT2D eigenvalue weighted by Gasteiger charge is 2.32. The molecule has 0 bridgehead atoms. The van der Waals surface area contributed by atoms with Crippen LogP contribution in [0.5, 0.6) is 0 Å². The van der Waals surface area contributed by atoms with E-state index in [0.29, 0.717) is 11.0 Å². The number of nitrogens with two attached hydrogens (primary N) is 1. The van der Waals surface area contributed by atoms with Gasteiger partial charge >= 0.3 is 0 Å². The van der Waals surface area contributed by atoms with Gasteiger partial charge < -0.3 is 10.6 Å². The maximum atomic E-state index is 5.79. The fourth-order valence-corrected chi connectivity index (χ4v) is 2.92. The highest BCUT2D eigenvalue weighted by Crippen LogP contribution is 2.34. The molecule has 2 heterocycles. The number of nitrogens with zero attached hydrogens (tertiary/aromatic N) is 3. The molecule has 1 fully saturated rings. The van der Waals surface area contributed by atoms with Crippen LogP contribution in [0.25, 0.3) is 0 Å². The first-order valence-corrected chi connectivity index (χ1v) is 7.45. The molecule has 1 saturated carbocycles. The van der Waals surface area contributed by atoms with Gasteiger partial charge in [0.2, 0.25) is 0 Å². The average molecular weight is 290 g/mol. The fourth-order valence-electron chi connectivity index (χ4n) is 2.06. The Kier molecular flexibility index (Phi) is 3.44. The smallest absolute Gasteiger partial charge is 0.162 e. The predicted octanol–water partition coefficient (Wildman–Crippen LogP) is 2.34. The van der Waals surface area contributed by atoms with E-state index in [-0.39, 0.29) is 0 Å². The van der Waals surface area contributed by atoms with Gasteiger partial charge in [0.25, 0.3) is 0 Å². The Balaban J connectivity index is 1.94. The van der Waals surface area contributed by atoms with E-state index in [4.69, 9.17) is 18.0 Å². The molecular weight excluding hydrogens is 276 g/mol. The summed E-state index contributed by atoms with van der Waals surface area (Å²) in [6, 6.07) is 6.58. The molecule has 6 heteroatoms. The molecule has 0 saturated heterocycles. The summed E-state index contributed by atoms with van der Waals surface area (Å²) in [6.07, 6.45) is 4.02. The Labute approximate surface area is 121 Å². The van der Waals surface area contributed by atoms with Crippen LogP contribution >= 0.6 is 23.6 Å². The van der Waals surface area contributed by atoms with E-state index in [1.54, 1.807) is 17.5 Å². The molecule has 0 atom stereocenters. The molecule has 2 N–H and O–H groups in total. The summed E-state index contributed by atoms with van der Waals surface area (Å²) in [5.41, 5.74) is 6.60. The van der Waals surface area contributed by atoms with Crippen molar-refractivity contribution in [2.24, 2.45) is 5.73 Å². The van der Waals surface area contributed by atoms with Gasteiger partial charge in [-0.25, -0.2) is 0 Å². The highest BCUT2D eigenvalue weighted by atomic mass is 32.1. The van der Waals surface area contributed by atoms with Crippen molar-refractivity contribution in [3.63, 3.8) is 0 Å². The summed E-state index contributed by atoms with van der Waals surface area (Å²) in [6.45, 7) is 0.844. The molecule has 1 aliphatic carbocycles. The molecule has 0 amide bonds. The van der Waals surface area contributed by atoms with Gasteiger partial charge in [0, 0.05) is 10.9 Å². The zero-order chi connectivity index (χ0) is 13.2. The summed E-state index contributed by atoms with van der Waals surface area (Å²) in [4.78, 5) is 3.96. The van der Waals surface area contributed by atoms with Crippen LogP contribution in [-0.4, -0.2) is 21.2 Å². The van der Waals surface area contributed by atoms with E-state index in [1.165, 1.54) is 17.7 Å². The minimum atomic E-state index is 0.377. The van der Waals surface area contributed by atoms with E-state index in [2.05, 4.69) is 32.6 Å². The van der Waals surface area contributed by atoms with Crippen LogP contribution in [0.4, 0.5) is 5.82 Å². The van der Waals surface area contributed by atoms with Crippen LogP contribution < -0.4 is 10.6 Å². The quantitative estimate of drug-likeness (QED) is 0.857. The standard InChI is InChI=1S/C13H14N4S2/c14-12(18)11-5-6-15-16-13(11)17(9-3-4-9)8-10-2-1-7-19-10/h1-2,5-7,9H,3-4,8H2,(H2,14,18). The third kappa shape index (κ3) is 2.74. The van der Waals surface area contributed by atoms with Crippen molar-refractivity contribution < 1.29 is 0 Å². The largest absolute Gasteiger partial charge is 0.389 e. The summed E-state index contributed by atoms with van der Waals surface area (Å²) in [5, 5.41) is 10.3. The van der Waals surface area contributed by atoms with Crippen LogP contribution in [-0.2, 0) is 6.54 Å². The monoisotopic (exact) mass is 290 g/mol. The lowest BCUT2D eigenvalue weighted by atomic mass is 10.2. The minimum absolute atomic E-state index is 0.377. The van der Waals surface area contributed by atoms with Gasteiger partial charge in [-0.15, -0.1) is 16.4 Å². The Hall–Kier alpha value is -1.53. The van der Waals surface area contributed by atoms with E-state index in [9.17, 15) is 0 Å². The molecule has 0 aromatic carbocycles. The van der Waals surface area contributed by atoms with Crippen LogP contribution in [0, 0.1) is 0 Å². The lowest BCUT2D eigenvalue weighted by Gasteiger charge is -2.24.